The maximum absolute atomic E-state index is 12.5. The van der Waals surface area contributed by atoms with Crippen molar-refractivity contribution in [1.29, 1.82) is 0 Å². The molecule has 0 aliphatic heterocycles. The minimum absolute atomic E-state index is 0.0240. The minimum Gasteiger partial charge on any atom is -0.248 e. The van der Waals surface area contributed by atoms with Gasteiger partial charge >= 0.3 is 28.6 Å². The maximum Gasteiger partial charge on any atom is 0.462 e. The first-order chi connectivity index (χ1) is 7.77. The second kappa shape index (κ2) is 5.17. The highest BCUT2D eigenvalue weighted by Crippen LogP contribution is 2.47. The molecule has 0 unspecified atom stereocenters. The van der Waals surface area contributed by atoms with Crippen molar-refractivity contribution in [2.45, 2.75) is 31.6 Å². The van der Waals surface area contributed by atoms with Gasteiger partial charge in [0.1, 0.15) is 0 Å². The van der Waals surface area contributed by atoms with Gasteiger partial charge in [0.2, 0.25) is 0 Å². The van der Waals surface area contributed by atoms with Gasteiger partial charge in [-0.25, -0.2) is 4.18 Å². The van der Waals surface area contributed by atoms with E-state index < -0.39 is 35.2 Å². The molecule has 0 saturated heterocycles. The van der Waals surface area contributed by atoms with E-state index in [9.17, 15) is 39.2 Å². The fourth-order valence-corrected chi connectivity index (χ4v) is 1.33. The van der Waals surface area contributed by atoms with E-state index in [1.807, 2.05) is 0 Å². The van der Waals surface area contributed by atoms with Crippen molar-refractivity contribution in [1.82, 2.24) is 0 Å². The molecule has 18 heavy (non-hydrogen) atoms. The van der Waals surface area contributed by atoms with Crippen LogP contribution in [-0.2, 0) is 18.8 Å². The lowest BCUT2D eigenvalue weighted by Gasteiger charge is -2.26. The van der Waals surface area contributed by atoms with Crippen LogP contribution in [0.1, 0.15) is 13.3 Å². The molecular weight excluding hydrogens is 301 g/mol. The van der Waals surface area contributed by atoms with E-state index in [0.29, 0.717) is 0 Å². The Morgan fingerprint density at radius 1 is 1.00 bits per heavy atom. The largest absolute Gasteiger partial charge is 0.462 e. The molecule has 0 spiro atoms. The van der Waals surface area contributed by atoms with Gasteiger partial charge in [-0.05, 0) is 6.42 Å². The van der Waals surface area contributed by atoms with Gasteiger partial charge in [-0.3, -0.25) is 0 Å². The molecule has 0 radical (unpaired) electrons. The van der Waals surface area contributed by atoms with Crippen LogP contribution < -0.4 is 0 Å². The molecule has 0 rings (SSSR count). The fourth-order valence-electron chi connectivity index (χ4n) is 0.555. The highest BCUT2D eigenvalue weighted by molar-refractivity contribution is 7.81. The van der Waals surface area contributed by atoms with Gasteiger partial charge in [0.05, 0.1) is 6.61 Å². The molecule has 0 aliphatic rings. The number of alkyl halides is 7. The van der Waals surface area contributed by atoms with E-state index in [2.05, 4.69) is 8.37 Å². The average Bonchev–Trinajstić information content (AvgIpc) is 2.11. The maximum atomic E-state index is 12.5. The summed E-state index contributed by atoms with van der Waals surface area (Å²) >= 11 is 0. The summed E-state index contributed by atoms with van der Waals surface area (Å²) in [6, 6.07) is 0. The SMILES string of the molecule is CCCOS(=O)(=O)OC(F)(F)C(F)(F)C(F)(F)F. The summed E-state index contributed by atoms with van der Waals surface area (Å²) in [6.45, 7) is 0.619. The molecule has 0 aliphatic carbocycles. The molecule has 0 aromatic heterocycles. The molecule has 0 aromatic carbocycles. The van der Waals surface area contributed by atoms with Crippen molar-refractivity contribution in [2.75, 3.05) is 6.61 Å². The van der Waals surface area contributed by atoms with E-state index in [1.165, 1.54) is 6.92 Å². The normalized spacial score (nSPS) is 14.9. The Hall–Kier alpha value is -0.620. The Kier molecular flexibility index (Phi) is 4.99. The predicted octanol–water partition coefficient (Wildman–Crippen LogP) is 2.46. The van der Waals surface area contributed by atoms with Gasteiger partial charge in [-0.15, -0.1) is 0 Å². The van der Waals surface area contributed by atoms with Crippen LogP contribution in [0.2, 0.25) is 0 Å². The third kappa shape index (κ3) is 3.95. The summed E-state index contributed by atoms with van der Waals surface area (Å²) < 4.78 is 111. The quantitative estimate of drug-likeness (QED) is 0.707. The van der Waals surface area contributed by atoms with Gasteiger partial charge in [0.15, 0.2) is 0 Å². The molecule has 110 valence electrons. The standard InChI is InChI=1S/C6H7F7O4S/c1-2-3-16-18(14,15)17-6(12,13)4(7,8)5(9,10)11/h2-3H2,1H3. The molecule has 0 N–H and O–H groups in total. The zero-order valence-electron chi connectivity index (χ0n) is 8.60. The molecule has 0 saturated carbocycles. The van der Waals surface area contributed by atoms with Crippen LogP contribution >= 0.6 is 0 Å². The van der Waals surface area contributed by atoms with Crippen LogP contribution in [0.3, 0.4) is 0 Å². The molecular formula is C6H7F7O4S. The summed E-state index contributed by atoms with van der Waals surface area (Å²) in [5.41, 5.74) is 0. The van der Waals surface area contributed by atoms with Gasteiger partial charge in [0.25, 0.3) is 0 Å². The lowest BCUT2D eigenvalue weighted by molar-refractivity contribution is -0.403. The van der Waals surface area contributed by atoms with E-state index in [4.69, 9.17) is 0 Å². The first-order valence-corrected chi connectivity index (χ1v) is 5.52. The zero-order valence-corrected chi connectivity index (χ0v) is 9.42. The molecule has 0 aromatic rings. The molecule has 12 heteroatoms. The topological polar surface area (TPSA) is 52.6 Å². The van der Waals surface area contributed by atoms with Gasteiger partial charge in [0, 0.05) is 0 Å². The first-order valence-electron chi connectivity index (χ1n) is 4.19. The Morgan fingerprint density at radius 3 is 1.78 bits per heavy atom. The van der Waals surface area contributed by atoms with E-state index in [-0.39, 0.29) is 6.42 Å². The van der Waals surface area contributed by atoms with E-state index >= 15 is 0 Å². The van der Waals surface area contributed by atoms with Crippen molar-refractivity contribution in [3.05, 3.63) is 0 Å². The summed E-state index contributed by atoms with van der Waals surface area (Å²) in [4.78, 5) is 0. The second-order valence-electron chi connectivity index (χ2n) is 2.90. The minimum atomic E-state index is -6.68. The van der Waals surface area contributed by atoms with Gasteiger partial charge < -0.3 is 0 Å². The summed E-state index contributed by atoms with van der Waals surface area (Å²) in [5, 5.41) is 0. The molecule has 0 atom stereocenters. The Morgan fingerprint density at radius 2 is 1.44 bits per heavy atom. The number of hydrogen-bond acceptors (Lipinski definition) is 4. The molecule has 0 fully saturated rings. The van der Waals surface area contributed by atoms with Crippen LogP contribution in [0, 0.1) is 0 Å². The van der Waals surface area contributed by atoms with Crippen molar-refractivity contribution >= 4 is 10.4 Å². The van der Waals surface area contributed by atoms with E-state index in [1.54, 1.807) is 0 Å². The van der Waals surface area contributed by atoms with Crippen LogP contribution in [0.5, 0.6) is 0 Å². The van der Waals surface area contributed by atoms with Crippen LogP contribution in [0.4, 0.5) is 30.7 Å². The lowest BCUT2D eigenvalue weighted by Crippen LogP contribution is -2.54. The highest BCUT2D eigenvalue weighted by atomic mass is 32.3. The smallest absolute Gasteiger partial charge is 0.248 e. The monoisotopic (exact) mass is 308 g/mol. The zero-order chi connectivity index (χ0) is 14.8. The Labute approximate surface area is 97.0 Å². The van der Waals surface area contributed by atoms with Crippen LogP contribution in [-0.4, -0.2) is 33.2 Å². The number of halogens is 7. The predicted molar refractivity (Wildman–Crippen MR) is 42.2 cm³/mol. The van der Waals surface area contributed by atoms with Crippen molar-refractivity contribution in [3.63, 3.8) is 0 Å². The second-order valence-corrected chi connectivity index (χ2v) is 4.12. The third-order valence-corrected chi connectivity index (χ3v) is 2.23. The molecule has 0 amide bonds. The van der Waals surface area contributed by atoms with E-state index in [0.717, 1.165) is 0 Å². The Bertz CT molecular complexity index is 374. The third-order valence-electron chi connectivity index (χ3n) is 1.36. The average molecular weight is 308 g/mol. The highest BCUT2D eigenvalue weighted by Gasteiger charge is 2.76. The fraction of sp³-hybridized carbons (Fsp3) is 1.00. The lowest BCUT2D eigenvalue weighted by atomic mass is 10.3. The number of hydrogen-bond donors (Lipinski definition) is 0. The van der Waals surface area contributed by atoms with Crippen molar-refractivity contribution < 1.29 is 47.5 Å². The first kappa shape index (κ1) is 17.4. The summed E-state index contributed by atoms with van der Waals surface area (Å²) in [5.74, 6) is -6.68. The van der Waals surface area contributed by atoms with Gasteiger partial charge in [-0.2, -0.15) is 43.3 Å². The van der Waals surface area contributed by atoms with Crippen molar-refractivity contribution in [3.8, 4) is 0 Å². The summed E-state index contributed by atoms with van der Waals surface area (Å²) in [6.07, 6.45) is -13.0. The molecule has 0 bridgehead atoms. The van der Waals surface area contributed by atoms with Crippen LogP contribution in [0.25, 0.3) is 0 Å². The number of rotatable bonds is 6. The Balaban J connectivity index is 5.08. The summed E-state index contributed by atoms with van der Waals surface area (Å²) in [7, 11) is -5.67. The molecule has 0 heterocycles. The van der Waals surface area contributed by atoms with Gasteiger partial charge in [-0.1, -0.05) is 6.92 Å². The molecule has 4 nitrogen and oxygen atoms in total. The van der Waals surface area contributed by atoms with Crippen LogP contribution in [0.15, 0.2) is 0 Å². The van der Waals surface area contributed by atoms with Crippen molar-refractivity contribution in [2.24, 2.45) is 0 Å².